The molecule has 1 aliphatic heterocycles. The molecule has 0 saturated heterocycles. The number of carbonyl (C=O) groups excluding carboxylic acids is 1. The van der Waals surface area contributed by atoms with Gasteiger partial charge in [0.2, 0.25) is 0 Å². The van der Waals surface area contributed by atoms with Gasteiger partial charge in [0.1, 0.15) is 17.7 Å². The van der Waals surface area contributed by atoms with Gasteiger partial charge < -0.3 is 15.2 Å². The molecule has 1 amide bonds. The van der Waals surface area contributed by atoms with Crippen molar-refractivity contribution < 1.29 is 27.4 Å². The SMILES string of the molecule is NC(=O)OC1CCOc2cc(-c3cc(F)c(F)cc3F)ccc21. The van der Waals surface area contributed by atoms with E-state index in [4.69, 9.17) is 15.2 Å². The molecule has 23 heavy (non-hydrogen) atoms. The van der Waals surface area contributed by atoms with E-state index in [9.17, 15) is 18.0 Å². The van der Waals surface area contributed by atoms with Gasteiger partial charge in [0.05, 0.1) is 6.61 Å². The minimum Gasteiger partial charge on any atom is -0.493 e. The summed E-state index contributed by atoms with van der Waals surface area (Å²) < 4.78 is 50.7. The third-order valence-electron chi connectivity index (χ3n) is 3.58. The van der Waals surface area contributed by atoms with Crippen LogP contribution in [0.4, 0.5) is 18.0 Å². The highest BCUT2D eigenvalue weighted by Crippen LogP contribution is 2.38. The Balaban J connectivity index is 2.01. The Kier molecular flexibility index (Phi) is 3.85. The molecule has 1 heterocycles. The van der Waals surface area contributed by atoms with Gasteiger partial charge in [-0.2, -0.15) is 0 Å². The molecule has 0 aromatic heterocycles. The first kappa shape index (κ1) is 15.2. The van der Waals surface area contributed by atoms with Crippen molar-refractivity contribution in [1.29, 1.82) is 0 Å². The summed E-state index contributed by atoms with van der Waals surface area (Å²) >= 11 is 0. The van der Waals surface area contributed by atoms with Gasteiger partial charge in [0.25, 0.3) is 0 Å². The Morgan fingerprint density at radius 1 is 1.13 bits per heavy atom. The zero-order chi connectivity index (χ0) is 16.6. The number of fused-ring (bicyclic) bond motifs is 1. The third-order valence-corrected chi connectivity index (χ3v) is 3.58. The van der Waals surface area contributed by atoms with Gasteiger partial charge in [-0.1, -0.05) is 12.1 Å². The first-order chi connectivity index (χ1) is 11.0. The van der Waals surface area contributed by atoms with Crippen LogP contribution in [-0.2, 0) is 4.74 Å². The highest BCUT2D eigenvalue weighted by atomic mass is 19.2. The molecule has 1 atom stereocenters. The fourth-order valence-electron chi connectivity index (χ4n) is 2.53. The standard InChI is InChI=1S/C16H12F3NO3/c17-11-7-13(19)12(18)6-10(11)8-1-2-9-14(23-16(20)21)3-4-22-15(9)5-8/h1-2,5-7,14H,3-4H2,(H2,20,21). The number of hydrogen-bond acceptors (Lipinski definition) is 3. The first-order valence-corrected chi connectivity index (χ1v) is 6.83. The van der Waals surface area contributed by atoms with Crippen LogP contribution in [0.15, 0.2) is 30.3 Å². The number of primary amides is 1. The third kappa shape index (κ3) is 2.94. The van der Waals surface area contributed by atoms with Crippen LogP contribution >= 0.6 is 0 Å². The van der Waals surface area contributed by atoms with E-state index in [0.717, 1.165) is 6.07 Å². The maximum absolute atomic E-state index is 13.9. The lowest BCUT2D eigenvalue weighted by Crippen LogP contribution is -2.22. The van der Waals surface area contributed by atoms with Gasteiger partial charge in [-0.05, 0) is 17.7 Å². The average molecular weight is 323 g/mol. The van der Waals surface area contributed by atoms with Crippen LogP contribution in [0.1, 0.15) is 18.1 Å². The number of ether oxygens (including phenoxy) is 2. The van der Waals surface area contributed by atoms with Crippen LogP contribution < -0.4 is 10.5 Å². The Hall–Kier alpha value is -2.70. The van der Waals surface area contributed by atoms with E-state index in [2.05, 4.69) is 0 Å². The van der Waals surface area contributed by atoms with Gasteiger partial charge >= 0.3 is 6.09 Å². The summed E-state index contributed by atoms with van der Waals surface area (Å²) in [6.07, 6.45) is -1.02. The summed E-state index contributed by atoms with van der Waals surface area (Å²) in [4.78, 5) is 10.9. The second kappa shape index (κ2) is 5.83. The van der Waals surface area contributed by atoms with E-state index >= 15 is 0 Å². The molecule has 1 aliphatic rings. The highest BCUT2D eigenvalue weighted by Gasteiger charge is 2.25. The molecule has 2 N–H and O–H groups in total. The minimum atomic E-state index is -1.25. The van der Waals surface area contributed by atoms with Crippen molar-refractivity contribution in [3.63, 3.8) is 0 Å². The monoisotopic (exact) mass is 323 g/mol. The van der Waals surface area contributed by atoms with E-state index in [1.54, 1.807) is 6.07 Å². The van der Waals surface area contributed by atoms with Crippen molar-refractivity contribution >= 4 is 6.09 Å². The molecule has 0 aliphatic carbocycles. The summed E-state index contributed by atoms with van der Waals surface area (Å²) in [6.45, 7) is 0.286. The van der Waals surface area contributed by atoms with Gasteiger partial charge in [-0.25, -0.2) is 18.0 Å². The Morgan fingerprint density at radius 3 is 2.61 bits per heavy atom. The van der Waals surface area contributed by atoms with E-state index in [-0.39, 0.29) is 12.2 Å². The van der Waals surface area contributed by atoms with Crippen molar-refractivity contribution in [3.8, 4) is 16.9 Å². The zero-order valence-electron chi connectivity index (χ0n) is 11.8. The van der Waals surface area contributed by atoms with Crippen molar-refractivity contribution in [2.24, 2.45) is 5.73 Å². The van der Waals surface area contributed by atoms with Crippen molar-refractivity contribution in [3.05, 3.63) is 53.3 Å². The number of benzene rings is 2. The van der Waals surface area contributed by atoms with Crippen molar-refractivity contribution in [1.82, 2.24) is 0 Å². The second-order valence-corrected chi connectivity index (χ2v) is 5.06. The fourth-order valence-corrected chi connectivity index (χ4v) is 2.53. The van der Waals surface area contributed by atoms with Gasteiger partial charge in [0, 0.05) is 23.6 Å². The fraction of sp³-hybridized carbons (Fsp3) is 0.188. The Bertz CT molecular complexity index is 779. The first-order valence-electron chi connectivity index (χ1n) is 6.83. The van der Waals surface area contributed by atoms with E-state index < -0.39 is 29.6 Å². The second-order valence-electron chi connectivity index (χ2n) is 5.06. The molecular weight excluding hydrogens is 311 g/mol. The van der Waals surface area contributed by atoms with E-state index in [0.29, 0.717) is 29.4 Å². The number of rotatable bonds is 2. The molecule has 120 valence electrons. The number of nitrogens with two attached hydrogens (primary N) is 1. The smallest absolute Gasteiger partial charge is 0.405 e. The van der Waals surface area contributed by atoms with Crippen molar-refractivity contribution in [2.45, 2.75) is 12.5 Å². The van der Waals surface area contributed by atoms with Crippen LogP contribution in [0.2, 0.25) is 0 Å². The van der Waals surface area contributed by atoms with Crippen LogP contribution in [0.3, 0.4) is 0 Å². The van der Waals surface area contributed by atoms with Crippen LogP contribution in [0.25, 0.3) is 11.1 Å². The zero-order valence-corrected chi connectivity index (χ0v) is 11.8. The lowest BCUT2D eigenvalue weighted by Gasteiger charge is -2.25. The molecule has 2 aromatic carbocycles. The normalized spacial score (nSPS) is 16.4. The Labute approximate surface area is 129 Å². The molecule has 2 aromatic rings. The maximum Gasteiger partial charge on any atom is 0.405 e. The summed E-state index contributed by atoms with van der Waals surface area (Å²) in [5.41, 5.74) is 5.84. The summed E-state index contributed by atoms with van der Waals surface area (Å²) in [5, 5.41) is 0. The number of amides is 1. The van der Waals surface area contributed by atoms with E-state index in [1.807, 2.05) is 0 Å². The number of halogens is 3. The summed E-state index contributed by atoms with van der Waals surface area (Å²) in [5.74, 6) is -2.90. The predicted molar refractivity (Wildman–Crippen MR) is 75.3 cm³/mol. The molecule has 4 nitrogen and oxygen atoms in total. The minimum absolute atomic E-state index is 0.0896. The van der Waals surface area contributed by atoms with Crippen LogP contribution in [0.5, 0.6) is 5.75 Å². The largest absolute Gasteiger partial charge is 0.493 e. The number of hydrogen-bond donors (Lipinski definition) is 1. The molecule has 0 saturated carbocycles. The quantitative estimate of drug-likeness (QED) is 0.857. The summed E-state index contributed by atoms with van der Waals surface area (Å²) in [6, 6.07) is 5.86. The summed E-state index contributed by atoms with van der Waals surface area (Å²) in [7, 11) is 0. The molecule has 3 rings (SSSR count). The van der Waals surface area contributed by atoms with Crippen LogP contribution in [-0.4, -0.2) is 12.7 Å². The molecule has 0 spiro atoms. The molecule has 0 fully saturated rings. The molecule has 0 bridgehead atoms. The predicted octanol–water partition coefficient (Wildman–Crippen LogP) is 3.69. The maximum atomic E-state index is 13.9. The van der Waals surface area contributed by atoms with Gasteiger partial charge in [-0.15, -0.1) is 0 Å². The molecular formula is C16H12F3NO3. The van der Waals surface area contributed by atoms with E-state index in [1.165, 1.54) is 12.1 Å². The lowest BCUT2D eigenvalue weighted by atomic mass is 9.97. The highest BCUT2D eigenvalue weighted by molar-refractivity contribution is 5.68. The Morgan fingerprint density at radius 2 is 1.87 bits per heavy atom. The average Bonchev–Trinajstić information content (AvgIpc) is 2.50. The topological polar surface area (TPSA) is 61.6 Å². The molecule has 0 radical (unpaired) electrons. The molecule has 1 unspecified atom stereocenters. The lowest BCUT2D eigenvalue weighted by molar-refractivity contribution is 0.0766. The molecule has 7 heteroatoms. The van der Waals surface area contributed by atoms with Gasteiger partial charge in [0.15, 0.2) is 11.6 Å². The number of carbonyl (C=O) groups is 1. The van der Waals surface area contributed by atoms with Crippen molar-refractivity contribution in [2.75, 3.05) is 6.61 Å². The van der Waals surface area contributed by atoms with Gasteiger partial charge in [-0.3, -0.25) is 0 Å². The van der Waals surface area contributed by atoms with Crippen LogP contribution in [0, 0.1) is 17.5 Å².